The average molecular weight is 353 g/mol. The third-order valence-corrected chi connectivity index (χ3v) is 4.38. The van der Waals surface area contributed by atoms with E-state index in [1.54, 1.807) is 17.7 Å². The molecule has 1 aliphatic rings. The van der Waals surface area contributed by atoms with Crippen LogP contribution in [0.25, 0.3) is 10.9 Å². The second kappa shape index (κ2) is 4.66. The standard InChI is InChI=1S/C13H13BrN4O3/c1-18-8(4-16-13(18)15)10-5-2-6(14)9(19)3-7(5)17-11(10)12(20)21/h2-3,8,17H,4H2,1H3,(H4,15,16,19,20,21). The highest BCUT2D eigenvalue weighted by atomic mass is 79.9. The summed E-state index contributed by atoms with van der Waals surface area (Å²) < 4.78 is 2.19. The second-order valence-electron chi connectivity index (χ2n) is 4.94. The number of rotatable bonds is 2. The third kappa shape index (κ3) is 2.02. The van der Waals surface area contributed by atoms with Crippen molar-refractivity contribution in [2.45, 2.75) is 6.04 Å². The number of halogens is 1. The predicted molar refractivity (Wildman–Crippen MR) is 78.5 cm³/mol. The smallest absolute Gasteiger partial charge is 0.352 e. The van der Waals surface area contributed by atoms with Crippen molar-refractivity contribution in [3.63, 3.8) is 0 Å². The highest BCUT2D eigenvalue weighted by molar-refractivity contribution is 9.10. The summed E-state index contributed by atoms with van der Waals surface area (Å²) >= 11 is 3.20. The van der Waals surface area contributed by atoms with Crippen LogP contribution in [0.3, 0.4) is 0 Å². The van der Waals surface area contributed by atoms with E-state index in [4.69, 9.17) is 5.73 Å². The molecule has 1 unspecified atom stereocenters. The van der Waals surface area contributed by atoms with Gasteiger partial charge in [-0.2, -0.15) is 0 Å². The maximum atomic E-state index is 11.7. The lowest BCUT2D eigenvalue weighted by Crippen LogP contribution is -2.30. The molecule has 2 heterocycles. The average Bonchev–Trinajstić information content (AvgIpc) is 2.93. The molecule has 1 aliphatic heterocycles. The first-order valence-corrected chi connectivity index (χ1v) is 7.04. The van der Waals surface area contributed by atoms with Gasteiger partial charge in [-0.3, -0.25) is 15.6 Å². The Morgan fingerprint density at radius 3 is 2.86 bits per heavy atom. The summed E-state index contributed by atoms with van der Waals surface area (Å²) in [5.41, 5.74) is 7.02. The van der Waals surface area contributed by atoms with Crippen LogP contribution in [0.4, 0.5) is 0 Å². The molecule has 7 nitrogen and oxygen atoms in total. The summed E-state index contributed by atoms with van der Waals surface area (Å²) in [7, 11) is 1.79. The molecule has 0 amide bonds. The van der Waals surface area contributed by atoms with Crippen molar-refractivity contribution in [1.29, 1.82) is 0 Å². The molecule has 110 valence electrons. The van der Waals surface area contributed by atoms with Gasteiger partial charge in [0.1, 0.15) is 18.3 Å². The number of aromatic amines is 1. The highest BCUT2D eigenvalue weighted by Gasteiger charge is 2.33. The van der Waals surface area contributed by atoms with Crippen molar-refractivity contribution >= 4 is 38.8 Å². The van der Waals surface area contributed by atoms with Gasteiger partial charge in [0, 0.05) is 20.9 Å². The van der Waals surface area contributed by atoms with Gasteiger partial charge in [0.2, 0.25) is 0 Å². The maximum absolute atomic E-state index is 11.7. The fourth-order valence-corrected chi connectivity index (χ4v) is 3.00. The Hall–Kier alpha value is -2.22. The molecular formula is C13H13BrN4O3. The third-order valence-electron chi connectivity index (χ3n) is 3.76. The number of nitrogens with two attached hydrogens (primary N) is 1. The Bertz CT molecular complexity index is 796. The number of likely N-dealkylation sites (N-methyl/N-ethyl adjacent to an activating group) is 1. The summed E-state index contributed by atoms with van der Waals surface area (Å²) in [6.07, 6.45) is 0. The van der Waals surface area contributed by atoms with Crippen LogP contribution in [0.15, 0.2) is 16.6 Å². The molecule has 0 saturated heterocycles. The number of aromatic carboxylic acids is 1. The number of carbonyl (C=O) groups is 1. The number of nitrogens with zero attached hydrogens (tertiary/aromatic N) is 1. The number of nitrogens with one attached hydrogen (secondary N) is 2. The summed E-state index contributed by atoms with van der Waals surface area (Å²) in [4.78, 5) is 14.3. The highest BCUT2D eigenvalue weighted by Crippen LogP contribution is 2.35. The molecule has 5 N–H and O–H groups in total. The van der Waals surface area contributed by atoms with Crippen molar-refractivity contribution in [1.82, 2.24) is 10.3 Å². The normalized spacial score (nSPS) is 18.3. The zero-order valence-corrected chi connectivity index (χ0v) is 12.7. The van der Waals surface area contributed by atoms with E-state index in [2.05, 4.69) is 26.2 Å². The molecule has 0 bridgehead atoms. The lowest BCUT2D eigenvalue weighted by molar-refractivity contribution is -0.533. The van der Waals surface area contributed by atoms with Crippen molar-refractivity contribution in [2.75, 3.05) is 13.6 Å². The van der Waals surface area contributed by atoms with Crippen molar-refractivity contribution < 1.29 is 19.6 Å². The van der Waals surface area contributed by atoms with E-state index in [0.717, 1.165) is 0 Å². The van der Waals surface area contributed by atoms with Gasteiger partial charge in [0.05, 0.1) is 7.05 Å². The molecule has 2 aromatic rings. The topological polar surface area (TPSA) is 117 Å². The van der Waals surface area contributed by atoms with E-state index >= 15 is 0 Å². The van der Waals surface area contributed by atoms with E-state index < -0.39 is 5.97 Å². The SMILES string of the molecule is C[N+]1=C(N)NCC1c1c(C(=O)O)[nH]c2cc([O-])c(Br)cc12. The fourth-order valence-electron chi connectivity index (χ4n) is 2.66. The number of benzene rings is 1. The van der Waals surface area contributed by atoms with E-state index in [-0.39, 0.29) is 17.5 Å². The first-order valence-electron chi connectivity index (χ1n) is 6.24. The summed E-state index contributed by atoms with van der Waals surface area (Å²) in [5, 5.41) is 24.8. The van der Waals surface area contributed by atoms with Gasteiger partial charge in [-0.25, -0.2) is 4.79 Å². The van der Waals surface area contributed by atoms with Crippen LogP contribution < -0.4 is 16.2 Å². The molecule has 3 rings (SSSR count). The number of guanidine groups is 1. The lowest BCUT2D eigenvalue weighted by Gasteiger charge is -2.12. The maximum Gasteiger partial charge on any atom is 0.352 e. The van der Waals surface area contributed by atoms with Crippen LogP contribution >= 0.6 is 15.9 Å². The van der Waals surface area contributed by atoms with Crippen LogP contribution in [0, 0.1) is 0 Å². The van der Waals surface area contributed by atoms with Gasteiger partial charge in [-0.1, -0.05) is 21.7 Å². The van der Waals surface area contributed by atoms with E-state index in [9.17, 15) is 15.0 Å². The van der Waals surface area contributed by atoms with Crippen molar-refractivity contribution in [3.05, 3.63) is 27.9 Å². The Morgan fingerprint density at radius 1 is 1.57 bits per heavy atom. The predicted octanol–water partition coefficient (Wildman–Crippen LogP) is 0.304. The summed E-state index contributed by atoms with van der Waals surface area (Å²) in [6.45, 7) is 0.506. The lowest BCUT2D eigenvalue weighted by atomic mass is 10.0. The first-order chi connectivity index (χ1) is 9.90. The largest absolute Gasteiger partial charge is 0.872 e. The quantitative estimate of drug-likeness (QED) is 0.580. The molecule has 1 aromatic carbocycles. The molecule has 0 radical (unpaired) electrons. The Balaban J connectivity index is 2.31. The van der Waals surface area contributed by atoms with Gasteiger partial charge in [-0.15, -0.1) is 0 Å². The van der Waals surface area contributed by atoms with Gasteiger partial charge < -0.3 is 15.2 Å². The van der Waals surface area contributed by atoms with Crippen LogP contribution in [-0.4, -0.2) is 40.2 Å². The summed E-state index contributed by atoms with van der Waals surface area (Å²) in [6, 6.07) is 2.83. The zero-order chi connectivity index (χ0) is 15.3. The Kier molecular flexibility index (Phi) is 3.05. The van der Waals surface area contributed by atoms with Crippen molar-refractivity contribution in [2.24, 2.45) is 5.73 Å². The fraction of sp³-hybridized carbons (Fsp3) is 0.231. The monoisotopic (exact) mass is 352 g/mol. The number of fused-ring (bicyclic) bond motifs is 1. The second-order valence-corrected chi connectivity index (χ2v) is 5.79. The molecule has 0 fully saturated rings. The number of hydrogen-bond acceptors (Lipinski definition) is 4. The van der Waals surface area contributed by atoms with E-state index in [1.807, 2.05) is 0 Å². The van der Waals surface area contributed by atoms with Crippen LogP contribution in [0.2, 0.25) is 0 Å². The molecule has 8 heteroatoms. The van der Waals surface area contributed by atoms with Gasteiger partial charge in [-0.05, 0) is 12.1 Å². The zero-order valence-electron chi connectivity index (χ0n) is 11.1. The Labute approximate surface area is 128 Å². The molecule has 0 aliphatic carbocycles. The molecule has 1 atom stereocenters. The number of carboxylic acids is 1. The Morgan fingerprint density at radius 2 is 2.29 bits per heavy atom. The number of H-pyrrole nitrogens is 1. The minimum Gasteiger partial charge on any atom is -0.872 e. The van der Waals surface area contributed by atoms with Crippen LogP contribution in [0.1, 0.15) is 22.1 Å². The van der Waals surface area contributed by atoms with E-state index in [1.165, 1.54) is 6.07 Å². The van der Waals surface area contributed by atoms with Crippen molar-refractivity contribution in [3.8, 4) is 5.75 Å². The summed E-state index contributed by atoms with van der Waals surface area (Å²) in [5.74, 6) is -0.773. The number of hydrogen-bond donors (Lipinski definition) is 4. The number of carboxylic acid groups (broad SMARTS) is 1. The van der Waals surface area contributed by atoms with E-state index in [0.29, 0.717) is 33.4 Å². The van der Waals surface area contributed by atoms with Crippen LogP contribution in [0.5, 0.6) is 5.75 Å². The first kappa shape index (κ1) is 13.7. The molecule has 0 spiro atoms. The van der Waals surface area contributed by atoms with Crippen LogP contribution in [-0.2, 0) is 0 Å². The molecule has 0 saturated carbocycles. The molecular weight excluding hydrogens is 340 g/mol. The number of aromatic nitrogens is 1. The van der Waals surface area contributed by atoms with Gasteiger partial charge in [0.25, 0.3) is 0 Å². The van der Waals surface area contributed by atoms with Gasteiger partial charge in [0.15, 0.2) is 0 Å². The van der Waals surface area contributed by atoms with Gasteiger partial charge >= 0.3 is 11.9 Å². The minimum atomic E-state index is -1.07. The minimum absolute atomic E-state index is 0.0795. The molecule has 1 aromatic heterocycles. The molecule has 21 heavy (non-hydrogen) atoms.